The molecule has 0 aromatic heterocycles. The SMILES string of the molecule is CCCCCCC(C)(C#N)C(=O)O. The number of carboxylic acids is 1. The van der Waals surface area contributed by atoms with Crippen LogP contribution in [-0.2, 0) is 4.79 Å². The summed E-state index contributed by atoms with van der Waals surface area (Å²) in [6.45, 7) is 3.59. The van der Waals surface area contributed by atoms with Crippen molar-refractivity contribution in [3.63, 3.8) is 0 Å². The molecule has 0 radical (unpaired) electrons. The number of unbranched alkanes of at least 4 members (excludes halogenated alkanes) is 3. The van der Waals surface area contributed by atoms with E-state index in [0.29, 0.717) is 6.42 Å². The van der Waals surface area contributed by atoms with E-state index in [9.17, 15) is 4.79 Å². The molecule has 0 aromatic rings. The van der Waals surface area contributed by atoms with Gasteiger partial charge in [0.15, 0.2) is 5.41 Å². The van der Waals surface area contributed by atoms with E-state index in [1.807, 2.05) is 6.07 Å². The van der Waals surface area contributed by atoms with Crippen LogP contribution in [0.4, 0.5) is 0 Å². The molecular formula is C10H17NO2. The van der Waals surface area contributed by atoms with Crippen molar-refractivity contribution in [3.8, 4) is 6.07 Å². The highest BCUT2D eigenvalue weighted by atomic mass is 16.4. The lowest BCUT2D eigenvalue weighted by Gasteiger charge is -2.14. The molecule has 0 aliphatic carbocycles. The first kappa shape index (κ1) is 12.0. The Kier molecular flexibility index (Phi) is 5.13. The number of hydrogen-bond donors (Lipinski definition) is 1. The zero-order chi connectivity index (χ0) is 10.3. The summed E-state index contributed by atoms with van der Waals surface area (Å²) >= 11 is 0. The van der Waals surface area contributed by atoms with Crippen molar-refractivity contribution in [3.05, 3.63) is 0 Å². The predicted molar refractivity (Wildman–Crippen MR) is 50.1 cm³/mol. The highest BCUT2D eigenvalue weighted by Crippen LogP contribution is 2.23. The Morgan fingerprint density at radius 1 is 1.46 bits per heavy atom. The van der Waals surface area contributed by atoms with Gasteiger partial charge in [-0.3, -0.25) is 4.79 Å². The van der Waals surface area contributed by atoms with E-state index < -0.39 is 11.4 Å². The number of carbonyl (C=O) groups is 1. The largest absolute Gasteiger partial charge is 0.480 e. The summed E-state index contributed by atoms with van der Waals surface area (Å²) in [6, 6.07) is 1.86. The van der Waals surface area contributed by atoms with Crippen LogP contribution >= 0.6 is 0 Å². The molecule has 3 nitrogen and oxygen atoms in total. The maximum absolute atomic E-state index is 10.7. The summed E-state index contributed by atoms with van der Waals surface area (Å²) in [5, 5.41) is 17.4. The molecule has 0 heterocycles. The second kappa shape index (κ2) is 5.58. The molecule has 0 saturated heterocycles. The van der Waals surface area contributed by atoms with Crippen molar-refractivity contribution >= 4 is 5.97 Å². The molecule has 0 aliphatic heterocycles. The molecular weight excluding hydrogens is 166 g/mol. The molecule has 0 aliphatic rings. The van der Waals surface area contributed by atoms with Gasteiger partial charge in [0.1, 0.15) is 0 Å². The van der Waals surface area contributed by atoms with Crippen LogP contribution < -0.4 is 0 Å². The van der Waals surface area contributed by atoms with Gasteiger partial charge in [-0.1, -0.05) is 32.6 Å². The summed E-state index contributed by atoms with van der Waals surface area (Å²) in [6.07, 6.45) is 4.53. The second-order valence-electron chi connectivity index (χ2n) is 3.56. The smallest absolute Gasteiger partial charge is 0.323 e. The van der Waals surface area contributed by atoms with E-state index in [0.717, 1.165) is 25.7 Å². The Morgan fingerprint density at radius 2 is 2.08 bits per heavy atom. The van der Waals surface area contributed by atoms with Gasteiger partial charge >= 0.3 is 5.97 Å². The molecule has 0 fully saturated rings. The first-order valence-corrected chi connectivity index (χ1v) is 4.71. The van der Waals surface area contributed by atoms with Crippen LogP contribution in [-0.4, -0.2) is 11.1 Å². The standard InChI is InChI=1S/C10H17NO2/c1-3-4-5-6-7-10(2,8-11)9(12)13/h3-7H2,1-2H3,(H,12,13). The van der Waals surface area contributed by atoms with Crippen LogP contribution in [0.15, 0.2) is 0 Å². The molecule has 3 heteroatoms. The van der Waals surface area contributed by atoms with E-state index in [1.54, 1.807) is 0 Å². The molecule has 0 amide bonds. The molecule has 0 saturated carbocycles. The quantitative estimate of drug-likeness (QED) is 0.644. The van der Waals surface area contributed by atoms with Gasteiger partial charge in [0.05, 0.1) is 6.07 Å². The maximum atomic E-state index is 10.7. The van der Waals surface area contributed by atoms with Crippen molar-refractivity contribution in [2.45, 2.75) is 46.0 Å². The summed E-state index contributed by atoms with van der Waals surface area (Å²) in [5.41, 5.74) is -1.19. The van der Waals surface area contributed by atoms with Crippen molar-refractivity contribution in [1.82, 2.24) is 0 Å². The van der Waals surface area contributed by atoms with Crippen LogP contribution in [0, 0.1) is 16.7 Å². The number of hydrogen-bond acceptors (Lipinski definition) is 2. The van der Waals surface area contributed by atoms with E-state index in [-0.39, 0.29) is 0 Å². The van der Waals surface area contributed by atoms with Crippen LogP contribution in [0.5, 0.6) is 0 Å². The summed E-state index contributed by atoms with van der Waals surface area (Å²) in [4.78, 5) is 10.7. The third kappa shape index (κ3) is 3.93. The predicted octanol–water partition coefficient (Wildman–Crippen LogP) is 2.57. The highest BCUT2D eigenvalue weighted by Gasteiger charge is 2.32. The number of nitriles is 1. The minimum Gasteiger partial charge on any atom is -0.480 e. The van der Waals surface area contributed by atoms with Gasteiger partial charge in [-0.15, -0.1) is 0 Å². The van der Waals surface area contributed by atoms with Gasteiger partial charge in [0, 0.05) is 0 Å². The molecule has 0 bridgehead atoms. The van der Waals surface area contributed by atoms with Crippen LogP contribution in [0.1, 0.15) is 46.0 Å². The van der Waals surface area contributed by atoms with E-state index in [2.05, 4.69) is 6.92 Å². The zero-order valence-corrected chi connectivity index (χ0v) is 8.34. The highest BCUT2D eigenvalue weighted by molar-refractivity contribution is 5.77. The minimum absolute atomic E-state index is 0.457. The number of nitrogens with zero attached hydrogens (tertiary/aromatic N) is 1. The summed E-state index contributed by atoms with van der Waals surface area (Å²) in [5.74, 6) is -1.01. The average Bonchev–Trinajstić information content (AvgIpc) is 2.12. The lowest BCUT2D eigenvalue weighted by atomic mass is 9.86. The van der Waals surface area contributed by atoms with E-state index >= 15 is 0 Å². The van der Waals surface area contributed by atoms with Gasteiger partial charge in [0.25, 0.3) is 0 Å². The van der Waals surface area contributed by atoms with Gasteiger partial charge < -0.3 is 5.11 Å². The number of rotatable bonds is 6. The lowest BCUT2D eigenvalue weighted by Crippen LogP contribution is -2.25. The fraction of sp³-hybridized carbons (Fsp3) is 0.800. The Balaban J connectivity index is 3.87. The van der Waals surface area contributed by atoms with Crippen molar-refractivity contribution in [2.24, 2.45) is 5.41 Å². The summed E-state index contributed by atoms with van der Waals surface area (Å²) < 4.78 is 0. The van der Waals surface area contributed by atoms with Crippen LogP contribution in [0.25, 0.3) is 0 Å². The topological polar surface area (TPSA) is 61.1 Å². The van der Waals surface area contributed by atoms with Crippen molar-refractivity contribution < 1.29 is 9.90 Å². The molecule has 0 aromatic carbocycles. The Hall–Kier alpha value is -1.04. The molecule has 0 rings (SSSR count). The van der Waals surface area contributed by atoms with Crippen molar-refractivity contribution in [2.75, 3.05) is 0 Å². The Labute approximate surface area is 79.4 Å². The first-order valence-electron chi connectivity index (χ1n) is 4.71. The van der Waals surface area contributed by atoms with E-state index in [1.165, 1.54) is 6.92 Å². The molecule has 0 spiro atoms. The first-order chi connectivity index (χ1) is 6.06. The number of carboxylic acid groups (broad SMARTS) is 1. The Bertz CT molecular complexity index is 207. The monoisotopic (exact) mass is 183 g/mol. The van der Waals surface area contributed by atoms with Crippen LogP contribution in [0.2, 0.25) is 0 Å². The third-order valence-electron chi connectivity index (χ3n) is 2.25. The molecule has 1 unspecified atom stereocenters. The van der Waals surface area contributed by atoms with Gasteiger partial charge in [-0.2, -0.15) is 5.26 Å². The van der Waals surface area contributed by atoms with Crippen molar-refractivity contribution in [1.29, 1.82) is 5.26 Å². The molecule has 1 atom stereocenters. The second-order valence-corrected chi connectivity index (χ2v) is 3.56. The lowest BCUT2D eigenvalue weighted by molar-refractivity contribution is -0.145. The fourth-order valence-electron chi connectivity index (χ4n) is 1.12. The van der Waals surface area contributed by atoms with Gasteiger partial charge in [-0.25, -0.2) is 0 Å². The zero-order valence-electron chi connectivity index (χ0n) is 8.34. The summed E-state index contributed by atoms with van der Waals surface area (Å²) in [7, 11) is 0. The van der Waals surface area contributed by atoms with Gasteiger partial charge in [0.2, 0.25) is 0 Å². The third-order valence-corrected chi connectivity index (χ3v) is 2.25. The van der Waals surface area contributed by atoms with E-state index in [4.69, 9.17) is 10.4 Å². The fourth-order valence-corrected chi connectivity index (χ4v) is 1.12. The molecule has 74 valence electrons. The normalized spacial score (nSPS) is 14.5. The average molecular weight is 183 g/mol. The van der Waals surface area contributed by atoms with Gasteiger partial charge in [-0.05, 0) is 13.3 Å². The van der Waals surface area contributed by atoms with Crippen LogP contribution in [0.3, 0.4) is 0 Å². The number of aliphatic carboxylic acids is 1. The Morgan fingerprint density at radius 3 is 2.46 bits per heavy atom. The maximum Gasteiger partial charge on any atom is 0.323 e. The minimum atomic E-state index is -1.19. The molecule has 13 heavy (non-hydrogen) atoms. The molecule has 1 N–H and O–H groups in total.